The third-order valence-electron chi connectivity index (χ3n) is 2.81. The standard InChI is InChI=1S/C13H14Cl2N2O/c1-8-5-10(7-18-8)12(17-16)6-9-3-2-4-11(14)13(9)15/h2-5,7,12,17H,6,16H2,1H3. The number of benzene rings is 1. The van der Waals surface area contributed by atoms with Gasteiger partial charge in [0.05, 0.1) is 22.4 Å². The van der Waals surface area contributed by atoms with E-state index in [2.05, 4.69) is 5.43 Å². The summed E-state index contributed by atoms with van der Waals surface area (Å²) in [7, 11) is 0. The minimum atomic E-state index is -0.0570. The van der Waals surface area contributed by atoms with Crippen molar-refractivity contribution in [3.8, 4) is 0 Å². The number of aryl methyl sites for hydroxylation is 1. The Balaban J connectivity index is 2.23. The number of nitrogens with two attached hydrogens (primary N) is 1. The second-order valence-electron chi connectivity index (χ2n) is 4.13. The minimum Gasteiger partial charge on any atom is -0.469 e. The summed E-state index contributed by atoms with van der Waals surface area (Å²) in [5.74, 6) is 6.43. The molecule has 1 aromatic carbocycles. The predicted molar refractivity (Wildman–Crippen MR) is 73.7 cm³/mol. The van der Waals surface area contributed by atoms with Crippen molar-refractivity contribution in [1.29, 1.82) is 0 Å². The van der Waals surface area contributed by atoms with Gasteiger partial charge in [-0.3, -0.25) is 11.3 Å². The van der Waals surface area contributed by atoms with Gasteiger partial charge in [-0.15, -0.1) is 0 Å². The van der Waals surface area contributed by atoms with E-state index in [1.807, 2.05) is 25.1 Å². The molecular weight excluding hydrogens is 271 g/mol. The maximum atomic E-state index is 6.16. The first-order valence-corrected chi connectivity index (χ1v) is 6.31. The highest BCUT2D eigenvalue weighted by Crippen LogP contribution is 2.29. The molecule has 1 aromatic heterocycles. The van der Waals surface area contributed by atoms with E-state index in [-0.39, 0.29) is 6.04 Å². The summed E-state index contributed by atoms with van der Waals surface area (Å²) in [6.45, 7) is 1.89. The van der Waals surface area contributed by atoms with Crippen LogP contribution in [0, 0.1) is 6.92 Å². The molecular formula is C13H14Cl2N2O. The summed E-state index contributed by atoms with van der Waals surface area (Å²) in [6.07, 6.45) is 2.34. The average molecular weight is 285 g/mol. The van der Waals surface area contributed by atoms with E-state index in [0.29, 0.717) is 16.5 Å². The molecule has 0 spiro atoms. The van der Waals surface area contributed by atoms with E-state index in [1.54, 1.807) is 12.3 Å². The van der Waals surface area contributed by atoms with E-state index in [0.717, 1.165) is 16.9 Å². The Bertz CT molecular complexity index is 540. The Labute approximate surface area is 116 Å². The first-order chi connectivity index (χ1) is 8.61. The second-order valence-corrected chi connectivity index (χ2v) is 4.91. The zero-order valence-electron chi connectivity index (χ0n) is 9.91. The zero-order valence-corrected chi connectivity index (χ0v) is 11.4. The third kappa shape index (κ3) is 2.87. The normalized spacial score (nSPS) is 12.7. The van der Waals surface area contributed by atoms with Gasteiger partial charge < -0.3 is 4.42 Å². The molecule has 0 aliphatic heterocycles. The van der Waals surface area contributed by atoms with Gasteiger partial charge in [0.2, 0.25) is 0 Å². The molecule has 0 fully saturated rings. The summed E-state index contributed by atoms with van der Waals surface area (Å²) in [6, 6.07) is 7.46. The molecule has 1 heterocycles. The quantitative estimate of drug-likeness (QED) is 0.666. The van der Waals surface area contributed by atoms with E-state index >= 15 is 0 Å². The lowest BCUT2D eigenvalue weighted by Gasteiger charge is -2.15. The predicted octanol–water partition coefficient (Wildman–Crippen LogP) is 3.64. The van der Waals surface area contributed by atoms with E-state index in [9.17, 15) is 0 Å². The Kier molecular flexibility index (Phi) is 4.30. The van der Waals surface area contributed by atoms with Crippen molar-refractivity contribution < 1.29 is 4.42 Å². The zero-order chi connectivity index (χ0) is 13.1. The van der Waals surface area contributed by atoms with E-state index < -0.39 is 0 Å². The van der Waals surface area contributed by atoms with E-state index in [4.69, 9.17) is 33.5 Å². The number of furan rings is 1. The lowest BCUT2D eigenvalue weighted by molar-refractivity contribution is 0.511. The molecule has 0 saturated carbocycles. The average Bonchev–Trinajstić information content (AvgIpc) is 2.78. The van der Waals surface area contributed by atoms with Crippen molar-refractivity contribution >= 4 is 23.2 Å². The summed E-state index contributed by atoms with van der Waals surface area (Å²) >= 11 is 12.2. The Morgan fingerprint density at radius 3 is 2.78 bits per heavy atom. The lowest BCUT2D eigenvalue weighted by Crippen LogP contribution is -2.29. The first-order valence-electron chi connectivity index (χ1n) is 5.56. The van der Waals surface area contributed by atoms with Gasteiger partial charge >= 0.3 is 0 Å². The van der Waals surface area contributed by atoms with Crippen molar-refractivity contribution in [1.82, 2.24) is 5.43 Å². The monoisotopic (exact) mass is 284 g/mol. The van der Waals surface area contributed by atoms with Crippen LogP contribution in [0.5, 0.6) is 0 Å². The van der Waals surface area contributed by atoms with Gasteiger partial charge in [-0.05, 0) is 31.0 Å². The van der Waals surface area contributed by atoms with Crippen LogP contribution in [0.25, 0.3) is 0 Å². The number of hydrogen-bond acceptors (Lipinski definition) is 3. The Morgan fingerprint density at radius 1 is 1.39 bits per heavy atom. The number of halogens is 2. The number of hydrazine groups is 1. The van der Waals surface area contributed by atoms with Gasteiger partial charge in [0, 0.05) is 5.56 Å². The summed E-state index contributed by atoms with van der Waals surface area (Å²) in [4.78, 5) is 0. The van der Waals surface area contributed by atoms with Crippen LogP contribution >= 0.6 is 23.2 Å². The fraction of sp³-hybridized carbons (Fsp3) is 0.231. The second kappa shape index (κ2) is 5.76. The van der Waals surface area contributed by atoms with Gasteiger partial charge in [0.15, 0.2) is 0 Å². The van der Waals surface area contributed by atoms with Crippen LogP contribution in [-0.4, -0.2) is 0 Å². The summed E-state index contributed by atoms with van der Waals surface area (Å²) < 4.78 is 5.28. The molecule has 0 saturated heterocycles. The van der Waals surface area contributed by atoms with Gasteiger partial charge in [0.25, 0.3) is 0 Å². The van der Waals surface area contributed by atoms with Crippen LogP contribution in [-0.2, 0) is 6.42 Å². The number of rotatable bonds is 4. The molecule has 3 nitrogen and oxygen atoms in total. The van der Waals surface area contributed by atoms with Crippen LogP contribution in [0.3, 0.4) is 0 Å². The molecule has 0 aliphatic rings. The molecule has 0 amide bonds. The van der Waals surface area contributed by atoms with Crippen molar-refractivity contribution in [3.05, 3.63) is 57.5 Å². The smallest absolute Gasteiger partial charge is 0.101 e. The van der Waals surface area contributed by atoms with Crippen LogP contribution in [0.15, 0.2) is 34.9 Å². The summed E-state index contributed by atoms with van der Waals surface area (Å²) in [5, 5.41) is 1.12. The molecule has 2 rings (SSSR count). The van der Waals surface area contributed by atoms with Crippen molar-refractivity contribution in [2.24, 2.45) is 5.84 Å². The van der Waals surface area contributed by atoms with Gasteiger partial charge in [-0.1, -0.05) is 35.3 Å². The molecule has 1 unspecified atom stereocenters. The number of nitrogens with one attached hydrogen (secondary N) is 1. The molecule has 5 heteroatoms. The van der Waals surface area contributed by atoms with Gasteiger partial charge in [-0.25, -0.2) is 0 Å². The van der Waals surface area contributed by atoms with Crippen molar-refractivity contribution in [2.75, 3.05) is 0 Å². The van der Waals surface area contributed by atoms with E-state index in [1.165, 1.54) is 0 Å². The minimum absolute atomic E-state index is 0.0570. The maximum absolute atomic E-state index is 6.16. The summed E-state index contributed by atoms with van der Waals surface area (Å²) in [5.41, 5.74) is 4.71. The van der Waals surface area contributed by atoms with Crippen molar-refractivity contribution in [2.45, 2.75) is 19.4 Å². The highest BCUT2D eigenvalue weighted by molar-refractivity contribution is 6.42. The van der Waals surface area contributed by atoms with Crippen LogP contribution < -0.4 is 11.3 Å². The van der Waals surface area contributed by atoms with Crippen molar-refractivity contribution in [3.63, 3.8) is 0 Å². The maximum Gasteiger partial charge on any atom is 0.101 e. The lowest BCUT2D eigenvalue weighted by atomic mass is 10.0. The van der Waals surface area contributed by atoms with Crippen LogP contribution in [0.1, 0.15) is 22.9 Å². The first kappa shape index (κ1) is 13.4. The molecule has 0 aliphatic carbocycles. The van der Waals surface area contributed by atoms with Gasteiger partial charge in [0.1, 0.15) is 5.76 Å². The molecule has 0 bridgehead atoms. The fourth-order valence-corrected chi connectivity index (χ4v) is 2.24. The topological polar surface area (TPSA) is 51.2 Å². The Hall–Kier alpha value is -1.00. The van der Waals surface area contributed by atoms with Crippen LogP contribution in [0.2, 0.25) is 10.0 Å². The SMILES string of the molecule is Cc1cc(C(Cc2cccc(Cl)c2Cl)NN)co1. The van der Waals surface area contributed by atoms with Crippen LogP contribution in [0.4, 0.5) is 0 Å². The fourth-order valence-electron chi connectivity index (χ4n) is 1.85. The molecule has 1 atom stereocenters. The highest BCUT2D eigenvalue weighted by Gasteiger charge is 2.15. The Morgan fingerprint density at radius 2 is 2.17 bits per heavy atom. The molecule has 3 N–H and O–H groups in total. The highest BCUT2D eigenvalue weighted by atomic mass is 35.5. The molecule has 18 heavy (non-hydrogen) atoms. The number of hydrogen-bond donors (Lipinski definition) is 2. The third-order valence-corrected chi connectivity index (χ3v) is 3.67. The molecule has 96 valence electrons. The van der Waals surface area contributed by atoms with Gasteiger partial charge in [-0.2, -0.15) is 0 Å². The molecule has 0 radical (unpaired) electrons. The molecule has 2 aromatic rings. The largest absolute Gasteiger partial charge is 0.469 e.